The molecule has 0 radical (unpaired) electrons. The molecule has 2 fully saturated rings. The first-order valence-electron chi connectivity index (χ1n) is 6.98. The second-order valence-corrected chi connectivity index (χ2v) is 6.71. The molecule has 0 saturated heterocycles. The normalized spacial score (nSPS) is 35.3. The Morgan fingerprint density at radius 2 is 2.17 bits per heavy atom. The van der Waals surface area contributed by atoms with Gasteiger partial charge in [0.2, 0.25) is 0 Å². The highest BCUT2D eigenvalue weighted by atomic mass is 14.8. The van der Waals surface area contributed by atoms with Crippen LogP contribution in [0.3, 0.4) is 0 Å². The highest BCUT2D eigenvalue weighted by molar-refractivity contribution is 5.97. The number of pyridine rings is 1. The predicted octanol–water partition coefficient (Wildman–Crippen LogP) is 3.87. The molecule has 3 rings (SSSR count). The third kappa shape index (κ3) is 1.70. The molecule has 2 bridgehead atoms. The minimum absolute atomic E-state index is 0.293. The van der Waals surface area contributed by atoms with E-state index in [-0.39, 0.29) is 0 Å². The van der Waals surface area contributed by atoms with Crippen LogP contribution in [0.25, 0.3) is 0 Å². The Bertz CT molecular complexity index is 468. The van der Waals surface area contributed by atoms with Crippen LogP contribution in [0.1, 0.15) is 45.7 Å². The minimum Gasteiger partial charge on any atom is -0.287 e. The second-order valence-electron chi connectivity index (χ2n) is 6.71. The van der Waals surface area contributed by atoms with Gasteiger partial charge in [0.05, 0.1) is 12.2 Å². The summed E-state index contributed by atoms with van der Waals surface area (Å²) in [6.45, 7) is 7.89. The first-order valence-corrected chi connectivity index (χ1v) is 6.98. The third-order valence-corrected chi connectivity index (χ3v) is 5.07. The first-order chi connectivity index (χ1) is 8.52. The maximum absolute atomic E-state index is 4.95. The fourth-order valence-electron chi connectivity index (χ4n) is 4.09. The lowest BCUT2D eigenvalue weighted by atomic mass is 9.71. The predicted molar refractivity (Wildman–Crippen MR) is 74.6 cm³/mol. The van der Waals surface area contributed by atoms with Crippen molar-refractivity contribution in [3.63, 3.8) is 0 Å². The fraction of sp³-hybridized carbons (Fsp3) is 0.625. The number of aromatic nitrogens is 1. The highest BCUT2D eigenvalue weighted by Gasteiger charge is 2.56. The Labute approximate surface area is 110 Å². The number of hydrogen-bond acceptors (Lipinski definition) is 2. The molecule has 0 amide bonds. The summed E-state index contributed by atoms with van der Waals surface area (Å²) in [5.74, 6) is 0.838. The summed E-state index contributed by atoms with van der Waals surface area (Å²) in [4.78, 5) is 9.32. The van der Waals surface area contributed by atoms with Crippen molar-refractivity contribution in [2.75, 3.05) is 0 Å². The molecule has 2 aliphatic rings. The molecule has 2 nitrogen and oxygen atoms in total. The molecule has 0 N–H and O–H groups in total. The van der Waals surface area contributed by atoms with Crippen molar-refractivity contribution in [1.82, 2.24) is 4.98 Å². The molecule has 1 heterocycles. The standard InChI is InChI=1S/C16H22N2/c1-15(2)12-7-8-16(3,10-12)14(15)18-11-13-6-4-5-9-17-13/h4-6,9,12H,7-8,10-11H2,1-3H3. The average molecular weight is 242 g/mol. The fourth-order valence-corrected chi connectivity index (χ4v) is 4.09. The van der Waals surface area contributed by atoms with E-state index in [4.69, 9.17) is 4.99 Å². The van der Waals surface area contributed by atoms with Crippen LogP contribution in [0, 0.1) is 16.7 Å². The molecule has 2 unspecified atom stereocenters. The molecular weight excluding hydrogens is 220 g/mol. The molecule has 2 aliphatic carbocycles. The Morgan fingerprint density at radius 3 is 2.78 bits per heavy atom. The van der Waals surface area contributed by atoms with Crippen LogP contribution in [-0.4, -0.2) is 10.7 Å². The van der Waals surface area contributed by atoms with Crippen LogP contribution < -0.4 is 0 Å². The summed E-state index contributed by atoms with van der Waals surface area (Å²) in [6.07, 6.45) is 5.89. The maximum atomic E-state index is 4.95. The molecular formula is C16H22N2. The summed E-state index contributed by atoms with van der Waals surface area (Å²) >= 11 is 0. The molecule has 1 aromatic rings. The summed E-state index contributed by atoms with van der Waals surface area (Å²) < 4.78 is 0. The maximum Gasteiger partial charge on any atom is 0.0811 e. The van der Waals surface area contributed by atoms with Crippen molar-refractivity contribution in [2.45, 2.75) is 46.6 Å². The summed E-state index contributed by atoms with van der Waals surface area (Å²) in [7, 11) is 0. The van der Waals surface area contributed by atoms with E-state index >= 15 is 0 Å². The van der Waals surface area contributed by atoms with E-state index in [2.05, 4.69) is 31.8 Å². The Hall–Kier alpha value is -1.18. The lowest BCUT2D eigenvalue weighted by Crippen LogP contribution is -2.35. The molecule has 0 spiro atoms. The van der Waals surface area contributed by atoms with Gasteiger partial charge in [-0.25, -0.2) is 0 Å². The van der Waals surface area contributed by atoms with Crippen LogP contribution in [-0.2, 0) is 6.54 Å². The quantitative estimate of drug-likeness (QED) is 0.773. The van der Waals surface area contributed by atoms with Gasteiger partial charge in [-0.1, -0.05) is 26.8 Å². The van der Waals surface area contributed by atoms with Gasteiger partial charge in [-0.15, -0.1) is 0 Å². The number of hydrogen-bond donors (Lipinski definition) is 0. The minimum atomic E-state index is 0.293. The first kappa shape index (κ1) is 11.9. The topological polar surface area (TPSA) is 25.2 Å². The number of nitrogens with zero attached hydrogens (tertiary/aromatic N) is 2. The van der Waals surface area contributed by atoms with Gasteiger partial charge in [0, 0.05) is 22.7 Å². The number of aliphatic imine (C=N–C) groups is 1. The van der Waals surface area contributed by atoms with Crippen molar-refractivity contribution in [3.05, 3.63) is 30.1 Å². The summed E-state index contributed by atoms with van der Waals surface area (Å²) in [5, 5.41) is 0. The molecule has 2 saturated carbocycles. The van der Waals surface area contributed by atoms with Crippen LogP contribution in [0.4, 0.5) is 0 Å². The van der Waals surface area contributed by atoms with E-state index in [1.54, 1.807) is 0 Å². The zero-order valence-electron chi connectivity index (χ0n) is 11.6. The zero-order chi connectivity index (χ0) is 12.8. The van der Waals surface area contributed by atoms with Crippen LogP contribution in [0.5, 0.6) is 0 Å². The van der Waals surface area contributed by atoms with E-state index in [1.807, 2.05) is 18.3 Å². The van der Waals surface area contributed by atoms with E-state index in [9.17, 15) is 0 Å². The Balaban J connectivity index is 1.87. The van der Waals surface area contributed by atoms with Crippen LogP contribution in [0.15, 0.2) is 29.4 Å². The van der Waals surface area contributed by atoms with Crippen molar-refractivity contribution in [3.8, 4) is 0 Å². The molecule has 0 aliphatic heterocycles. The van der Waals surface area contributed by atoms with Crippen molar-refractivity contribution < 1.29 is 0 Å². The van der Waals surface area contributed by atoms with Gasteiger partial charge in [0.15, 0.2) is 0 Å². The van der Waals surface area contributed by atoms with Gasteiger partial charge in [-0.3, -0.25) is 9.98 Å². The van der Waals surface area contributed by atoms with Crippen molar-refractivity contribution in [2.24, 2.45) is 21.7 Å². The molecule has 2 atom stereocenters. The highest BCUT2D eigenvalue weighted by Crippen LogP contribution is 2.60. The molecule has 1 aromatic heterocycles. The molecule has 18 heavy (non-hydrogen) atoms. The summed E-state index contributed by atoms with van der Waals surface area (Å²) in [6, 6.07) is 6.06. The SMILES string of the molecule is CC12CCC(C1)C(C)(C)C2=NCc1ccccn1. The van der Waals surface area contributed by atoms with Gasteiger partial charge in [0.1, 0.15) is 0 Å². The van der Waals surface area contributed by atoms with E-state index < -0.39 is 0 Å². The van der Waals surface area contributed by atoms with Gasteiger partial charge in [-0.05, 0) is 37.3 Å². The largest absolute Gasteiger partial charge is 0.287 e. The smallest absolute Gasteiger partial charge is 0.0811 e. The van der Waals surface area contributed by atoms with E-state index in [1.165, 1.54) is 25.0 Å². The molecule has 96 valence electrons. The molecule has 2 heteroatoms. The lowest BCUT2D eigenvalue weighted by molar-refractivity contribution is 0.332. The van der Waals surface area contributed by atoms with Crippen molar-refractivity contribution in [1.29, 1.82) is 0 Å². The monoisotopic (exact) mass is 242 g/mol. The Morgan fingerprint density at radius 1 is 1.33 bits per heavy atom. The number of rotatable bonds is 2. The Kier molecular flexibility index (Phi) is 2.58. The lowest BCUT2D eigenvalue weighted by Gasteiger charge is -2.35. The third-order valence-electron chi connectivity index (χ3n) is 5.07. The van der Waals surface area contributed by atoms with Crippen molar-refractivity contribution >= 4 is 5.71 Å². The summed E-state index contributed by atoms with van der Waals surface area (Å²) in [5.41, 5.74) is 3.18. The van der Waals surface area contributed by atoms with Gasteiger partial charge in [0.25, 0.3) is 0 Å². The molecule has 0 aromatic carbocycles. The van der Waals surface area contributed by atoms with Gasteiger partial charge >= 0.3 is 0 Å². The van der Waals surface area contributed by atoms with Crippen LogP contribution in [0.2, 0.25) is 0 Å². The van der Waals surface area contributed by atoms with Gasteiger partial charge in [-0.2, -0.15) is 0 Å². The van der Waals surface area contributed by atoms with E-state index in [0.717, 1.165) is 18.2 Å². The average Bonchev–Trinajstić information content (AvgIpc) is 2.81. The zero-order valence-corrected chi connectivity index (χ0v) is 11.6. The van der Waals surface area contributed by atoms with E-state index in [0.29, 0.717) is 10.8 Å². The van der Waals surface area contributed by atoms with Gasteiger partial charge < -0.3 is 0 Å². The van der Waals surface area contributed by atoms with Crippen LogP contribution >= 0.6 is 0 Å². The number of fused-ring (bicyclic) bond motifs is 2. The second kappa shape index (κ2) is 3.91.